The highest BCUT2D eigenvalue weighted by Crippen LogP contribution is 2.21. The fourth-order valence-electron chi connectivity index (χ4n) is 1.33. The van der Waals surface area contributed by atoms with Crippen LogP contribution in [0.2, 0.25) is 0 Å². The zero-order valence-electron chi connectivity index (χ0n) is 7.79. The number of carboxylic acid groups (broad SMARTS) is 1. The molecule has 0 amide bonds. The summed E-state index contributed by atoms with van der Waals surface area (Å²) in [6.07, 6.45) is 6.24. The molecule has 0 saturated carbocycles. The van der Waals surface area contributed by atoms with Gasteiger partial charge in [0.15, 0.2) is 0 Å². The smallest absolute Gasteiger partial charge is 0.336 e. The van der Waals surface area contributed by atoms with E-state index in [2.05, 4.69) is 9.97 Å². The normalized spacial score (nSPS) is 9.87. The molecule has 15 heavy (non-hydrogen) atoms. The van der Waals surface area contributed by atoms with Crippen molar-refractivity contribution in [2.75, 3.05) is 0 Å². The van der Waals surface area contributed by atoms with Crippen LogP contribution in [-0.2, 0) is 0 Å². The van der Waals surface area contributed by atoms with Gasteiger partial charge in [-0.1, -0.05) is 6.07 Å². The van der Waals surface area contributed by atoms with Crippen molar-refractivity contribution < 1.29 is 9.90 Å². The molecule has 1 N–H and O–H groups in total. The van der Waals surface area contributed by atoms with Crippen LogP contribution in [-0.4, -0.2) is 21.0 Å². The van der Waals surface area contributed by atoms with E-state index in [0.29, 0.717) is 5.56 Å². The Hall–Kier alpha value is -2.23. The number of nitrogens with zero attached hydrogens (tertiary/aromatic N) is 2. The minimum atomic E-state index is -0.962. The molecule has 4 heteroatoms. The molecule has 0 aromatic carbocycles. The summed E-state index contributed by atoms with van der Waals surface area (Å²) in [5, 5.41) is 8.98. The van der Waals surface area contributed by atoms with Crippen molar-refractivity contribution in [3.8, 4) is 11.1 Å². The lowest BCUT2D eigenvalue weighted by molar-refractivity contribution is 0.0697. The van der Waals surface area contributed by atoms with Crippen LogP contribution < -0.4 is 0 Å². The third-order valence-corrected chi connectivity index (χ3v) is 2.02. The molecule has 2 heterocycles. The molecule has 0 saturated heterocycles. The highest BCUT2D eigenvalue weighted by molar-refractivity contribution is 5.95. The lowest BCUT2D eigenvalue weighted by atomic mass is 10.0. The first-order valence-corrected chi connectivity index (χ1v) is 4.37. The van der Waals surface area contributed by atoms with Gasteiger partial charge in [0.05, 0.1) is 5.56 Å². The van der Waals surface area contributed by atoms with E-state index < -0.39 is 5.97 Å². The van der Waals surface area contributed by atoms with Crippen LogP contribution in [0.5, 0.6) is 0 Å². The van der Waals surface area contributed by atoms with Crippen LogP contribution in [0.3, 0.4) is 0 Å². The van der Waals surface area contributed by atoms with Gasteiger partial charge in [-0.15, -0.1) is 0 Å². The SMILES string of the molecule is O=C(O)c1ccncc1-c1cccnc1. The van der Waals surface area contributed by atoms with Gasteiger partial charge >= 0.3 is 5.97 Å². The summed E-state index contributed by atoms with van der Waals surface area (Å²) >= 11 is 0. The maximum Gasteiger partial charge on any atom is 0.336 e. The van der Waals surface area contributed by atoms with Crippen molar-refractivity contribution in [1.82, 2.24) is 9.97 Å². The molecule has 0 bridgehead atoms. The van der Waals surface area contributed by atoms with Crippen molar-refractivity contribution in [2.24, 2.45) is 0 Å². The van der Waals surface area contributed by atoms with E-state index >= 15 is 0 Å². The Morgan fingerprint density at radius 1 is 1.13 bits per heavy atom. The Morgan fingerprint density at radius 3 is 2.60 bits per heavy atom. The lowest BCUT2D eigenvalue weighted by Crippen LogP contribution is -1.99. The summed E-state index contributed by atoms with van der Waals surface area (Å²) in [6.45, 7) is 0. The van der Waals surface area contributed by atoms with Gasteiger partial charge in [0.1, 0.15) is 0 Å². The van der Waals surface area contributed by atoms with E-state index in [1.54, 1.807) is 24.5 Å². The molecule has 0 spiro atoms. The Balaban J connectivity index is 2.58. The first-order chi connectivity index (χ1) is 7.29. The second kappa shape index (κ2) is 3.88. The summed E-state index contributed by atoms with van der Waals surface area (Å²) in [6, 6.07) is 5.04. The third kappa shape index (κ3) is 1.83. The molecule has 2 aromatic rings. The van der Waals surface area contributed by atoms with Crippen LogP contribution in [0.15, 0.2) is 43.0 Å². The molecule has 0 aliphatic carbocycles. The van der Waals surface area contributed by atoms with E-state index in [1.807, 2.05) is 0 Å². The van der Waals surface area contributed by atoms with Gasteiger partial charge in [0.25, 0.3) is 0 Å². The molecule has 0 aliphatic heterocycles. The monoisotopic (exact) mass is 200 g/mol. The fraction of sp³-hybridized carbons (Fsp3) is 0. The molecule has 0 fully saturated rings. The molecule has 0 atom stereocenters. The van der Waals surface area contributed by atoms with Crippen LogP contribution in [0, 0.1) is 0 Å². The van der Waals surface area contributed by atoms with E-state index in [-0.39, 0.29) is 5.56 Å². The molecule has 74 valence electrons. The summed E-state index contributed by atoms with van der Waals surface area (Å²) in [5.74, 6) is -0.962. The Bertz CT molecular complexity index is 483. The minimum Gasteiger partial charge on any atom is -0.478 e. The number of hydrogen-bond donors (Lipinski definition) is 1. The molecular weight excluding hydrogens is 192 g/mol. The summed E-state index contributed by atoms with van der Waals surface area (Å²) in [4.78, 5) is 18.8. The average molecular weight is 200 g/mol. The van der Waals surface area contributed by atoms with Gasteiger partial charge in [-0.2, -0.15) is 0 Å². The minimum absolute atomic E-state index is 0.234. The molecule has 0 radical (unpaired) electrons. The van der Waals surface area contributed by atoms with Gasteiger partial charge in [-0.05, 0) is 12.1 Å². The summed E-state index contributed by atoms with van der Waals surface area (Å²) in [7, 11) is 0. The topological polar surface area (TPSA) is 63.1 Å². The Labute approximate surface area is 86.2 Å². The largest absolute Gasteiger partial charge is 0.478 e. The number of carboxylic acids is 1. The van der Waals surface area contributed by atoms with Crippen molar-refractivity contribution >= 4 is 5.97 Å². The summed E-state index contributed by atoms with van der Waals surface area (Å²) in [5.41, 5.74) is 1.57. The van der Waals surface area contributed by atoms with E-state index in [4.69, 9.17) is 5.11 Å². The Kier molecular flexibility index (Phi) is 2.41. The highest BCUT2D eigenvalue weighted by Gasteiger charge is 2.10. The van der Waals surface area contributed by atoms with Crippen molar-refractivity contribution in [2.45, 2.75) is 0 Å². The first kappa shape index (κ1) is 9.33. The number of hydrogen-bond acceptors (Lipinski definition) is 3. The van der Waals surface area contributed by atoms with Gasteiger partial charge in [0, 0.05) is 35.9 Å². The van der Waals surface area contributed by atoms with E-state index in [1.165, 1.54) is 18.5 Å². The lowest BCUT2D eigenvalue weighted by Gasteiger charge is -2.03. The van der Waals surface area contributed by atoms with Crippen LogP contribution in [0.1, 0.15) is 10.4 Å². The highest BCUT2D eigenvalue weighted by atomic mass is 16.4. The zero-order valence-corrected chi connectivity index (χ0v) is 7.79. The number of carbonyl (C=O) groups is 1. The van der Waals surface area contributed by atoms with Gasteiger partial charge in [-0.3, -0.25) is 9.97 Å². The number of pyridine rings is 2. The van der Waals surface area contributed by atoms with Gasteiger partial charge in [-0.25, -0.2) is 4.79 Å². The van der Waals surface area contributed by atoms with E-state index in [0.717, 1.165) is 5.56 Å². The maximum absolute atomic E-state index is 10.9. The first-order valence-electron chi connectivity index (χ1n) is 4.37. The zero-order chi connectivity index (χ0) is 10.7. The van der Waals surface area contributed by atoms with Crippen LogP contribution in [0.25, 0.3) is 11.1 Å². The molecule has 4 nitrogen and oxygen atoms in total. The number of rotatable bonds is 2. The molecule has 0 unspecified atom stereocenters. The van der Waals surface area contributed by atoms with Gasteiger partial charge in [0.2, 0.25) is 0 Å². The molecule has 2 rings (SSSR count). The van der Waals surface area contributed by atoms with E-state index in [9.17, 15) is 4.79 Å². The predicted octanol–water partition coefficient (Wildman–Crippen LogP) is 1.84. The second-order valence-corrected chi connectivity index (χ2v) is 2.97. The average Bonchev–Trinajstić information content (AvgIpc) is 2.30. The Morgan fingerprint density at radius 2 is 1.93 bits per heavy atom. The molecule has 0 aliphatic rings. The standard InChI is InChI=1S/C11H8N2O2/c14-11(15)9-3-5-13-7-10(9)8-2-1-4-12-6-8/h1-7H,(H,14,15). The van der Waals surface area contributed by atoms with Gasteiger partial charge < -0.3 is 5.11 Å². The van der Waals surface area contributed by atoms with Crippen molar-refractivity contribution in [1.29, 1.82) is 0 Å². The van der Waals surface area contributed by atoms with Crippen molar-refractivity contribution in [3.63, 3.8) is 0 Å². The molecular formula is C11H8N2O2. The fourth-order valence-corrected chi connectivity index (χ4v) is 1.33. The second-order valence-electron chi connectivity index (χ2n) is 2.97. The predicted molar refractivity (Wildman–Crippen MR) is 54.4 cm³/mol. The molecule has 2 aromatic heterocycles. The number of aromatic nitrogens is 2. The number of aromatic carboxylic acids is 1. The van der Waals surface area contributed by atoms with Crippen LogP contribution >= 0.6 is 0 Å². The van der Waals surface area contributed by atoms with Crippen molar-refractivity contribution in [3.05, 3.63) is 48.5 Å². The van der Waals surface area contributed by atoms with Crippen LogP contribution in [0.4, 0.5) is 0 Å². The quantitative estimate of drug-likeness (QED) is 0.803. The summed E-state index contributed by atoms with van der Waals surface area (Å²) < 4.78 is 0. The third-order valence-electron chi connectivity index (χ3n) is 2.02. The maximum atomic E-state index is 10.9.